The Morgan fingerprint density at radius 3 is 2.54 bits per heavy atom. The molecule has 4 heteroatoms. The molecule has 1 rings (SSSR count). The van der Waals surface area contributed by atoms with E-state index in [0.717, 1.165) is 12.0 Å². The SMILES string of the molecule is C=CC(C)(O)C/C=C/[C@]1(C)CCC(C(C)(O)CC(=O)C=C(C)C)O1. The fourth-order valence-corrected chi connectivity index (χ4v) is 2.89. The van der Waals surface area contributed by atoms with Gasteiger partial charge in [0.25, 0.3) is 0 Å². The van der Waals surface area contributed by atoms with Crippen LogP contribution in [0.25, 0.3) is 0 Å². The quantitative estimate of drug-likeness (QED) is 0.526. The maximum atomic E-state index is 12.0. The third-order valence-corrected chi connectivity index (χ3v) is 4.43. The van der Waals surface area contributed by atoms with Crippen LogP contribution in [0.4, 0.5) is 0 Å². The van der Waals surface area contributed by atoms with Crippen molar-refractivity contribution in [3.8, 4) is 0 Å². The van der Waals surface area contributed by atoms with Crippen LogP contribution in [0.15, 0.2) is 36.5 Å². The molecule has 1 aliphatic heterocycles. The summed E-state index contributed by atoms with van der Waals surface area (Å²) in [6, 6.07) is 0. The Morgan fingerprint density at radius 1 is 1.38 bits per heavy atom. The van der Waals surface area contributed by atoms with Gasteiger partial charge < -0.3 is 14.9 Å². The predicted molar refractivity (Wildman–Crippen MR) is 96.8 cm³/mol. The van der Waals surface area contributed by atoms with Gasteiger partial charge in [-0.3, -0.25) is 4.79 Å². The molecule has 0 aromatic carbocycles. The van der Waals surface area contributed by atoms with Crippen molar-refractivity contribution < 1.29 is 19.7 Å². The van der Waals surface area contributed by atoms with Crippen molar-refractivity contribution in [3.05, 3.63) is 36.5 Å². The van der Waals surface area contributed by atoms with E-state index in [0.29, 0.717) is 12.8 Å². The Kier molecular flexibility index (Phi) is 6.74. The summed E-state index contributed by atoms with van der Waals surface area (Å²) >= 11 is 0. The van der Waals surface area contributed by atoms with Gasteiger partial charge in [-0.1, -0.05) is 23.8 Å². The Balaban J connectivity index is 2.69. The minimum absolute atomic E-state index is 0.0494. The number of aliphatic hydroxyl groups is 2. The summed E-state index contributed by atoms with van der Waals surface area (Å²) in [5.41, 5.74) is -1.70. The maximum absolute atomic E-state index is 12.0. The zero-order valence-corrected chi connectivity index (χ0v) is 15.6. The van der Waals surface area contributed by atoms with Gasteiger partial charge in [-0.25, -0.2) is 0 Å². The molecular formula is C20H32O4. The minimum Gasteiger partial charge on any atom is -0.387 e. The fourth-order valence-electron chi connectivity index (χ4n) is 2.89. The smallest absolute Gasteiger partial charge is 0.158 e. The molecule has 0 bridgehead atoms. The van der Waals surface area contributed by atoms with Crippen LogP contribution >= 0.6 is 0 Å². The molecule has 1 fully saturated rings. The first-order chi connectivity index (χ1) is 10.9. The first kappa shape index (κ1) is 20.8. The summed E-state index contributed by atoms with van der Waals surface area (Å²) in [5, 5.41) is 20.6. The average Bonchev–Trinajstić information content (AvgIpc) is 2.80. The summed E-state index contributed by atoms with van der Waals surface area (Å²) in [6.07, 6.45) is 8.44. The molecule has 136 valence electrons. The lowest BCUT2D eigenvalue weighted by Crippen LogP contribution is -2.42. The number of carbonyl (C=O) groups excluding carboxylic acids is 1. The van der Waals surface area contributed by atoms with Crippen molar-refractivity contribution in [1.82, 2.24) is 0 Å². The van der Waals surface area contributed by atoms with Crippen LogP contribution in [-0.4, -0.2) is 38.9 Å². The van der Waals surface area contributed by atoms with Gasteiger partial charge in [-0.2, -0.15) is 0 Å². The first-order valence-electron chi connectivity index (χ1n) is 8.51. The molecule has 24 heavy (non-hydrogen) atoms. The molecule has 0 amide bonds. The number of allylic oxidation sites excluding steroid dienone is 2. The normalized spacial score (nSPS) is 29.0. The lowest BCUT2D eigenvalue weighted by molar-refractivity contribution is -0.134. The Bertz CT molecular complexity index is 524. The highest BCUT2D eigenvalue weighted by molar-refractivity contribution is 5.90. The van der Waals surface area contributed by atoms with E-state index in [4.69, 9.17) is 4.74 Å². The number of rotatable bonds is 8. The lowest BCUT2D eigenvalue weighted by atomic mass is 9.90. The van der Waals surface area contributed by atoms with Gasteiger partial charge in [0.05, 0.1) is 22.9 Å². The molecule has 2 N–H and O–H groups in total. The fraction of sp³-hybridized carbons (Fsp3) is 0.650. The standard InChI is InChI=1S/C20H32O4/c1-7-18(4,22)10-8-11-19(5)12-9-17(24-19)20(6,23)14-16(21)13-15(2)3/h7-8,11,13,17,22-23H,1,9-10,12,14H2,2-6H3/b11-8+/t17?,18?,19-,20?/m1/s1. The molecule has 1 aliphatic rings. The molecule has 0 saturated carbocycles. The third-order valence-electron chi connectivity index (χ3n) is 4.43. The van der Waals surface area contributed by atoms with Gasteiger partial charge in [0.1, 0.15) is 0 Å². The monoisotopic (exact) mass is 336 g/mol. The molecule has 4 atom stereocenters. The molecule has 0 aromatic heterocycles. The highest BCUT2D eigenvalue weighted by Crippen LogP contribution is 2.37. The largest absolute Gasteiger partial charge is 0.387 e. The zero-order valence-electron chi connectivity index (χ0n) is 15.6. The van der Waals surface area contributed by atoms with E-state index in [1.807, 2.05) is 32.9 Å². The lowest BCUT2D eigenvalue weighted by Gasteiger charge is -2.31. The second kappa shape index (κ2) is 7.77. The minimum atomic E-state index is -1.19. The van der Waals surface area contributed by atoms with Crippen molar-refractivity contribution >= 4 is 5.78 Å². The van der Waals surface area contributed by atoms with Gasteiger partial charge in [-0.05, 0) is 60.0 Å². The summed E-state index contributed by atoms with van der Waals surface area (Å²) in [7, 11) is 0. The van der Waals surface area contributed by atoms with Crippen LogP contribution in [0.3, 0.4) is 0 Å². The summed E-state index contributed by atoms with van der Waals surface area (Å²) in [5.74, 6) is -0.0882. The Hall–Kier alpha value is -1.23. The van der Waals surface area contributed by atoms with Crippen LogP contribution in [0.2, 0.25) is 0 Å². The number of hydrogen-bond donors (Lipinski definition) is 2. The molecule has 0 radical (unpaired) electrons. The van der Waals surface area contributed by atoms with Gasteiger partial charge in [0, 0.05) is 6.42 Å². The van der Waals surface area contributed by atoms with Gasteiger partial charge in [0.2, 0.25) is 0 Å². The second-order valence-electron chi connectivity index (χ2n) is 7.85. The first-order valence-corrected chi connectivity index (χ1v) is 8.51. The highest BCUT2D eigenvalue weighted by Gasteiger charge is 2.44. The summed E-state index contributed by atoms with van der Waals surface area (Å²) in [4.78, 5) is 12.0. The van der Waals surface area contributed by atoms with Crippen LogP contribution < -0.4 is 0 Å². The molecule has 1 heterocycles. The number of carbonyl (C=O) groups is 1. The maximum Gasteiger partial charge on any atom is 0.158 e. The third kappa shape index (κ3) is 6.34. The van der Waals surface area contributed by atoms with E-state index in [1.165, 1.54) is 6.08 Å². The van der Waals surface area contributed by atoms with E-state index in [2.05, 4.69) is 6.58 Å². The molecule has 0 aromatic rings. The van der Waals surface area contributed by atoms with Crippen molar-refractivity contribution in [2.24, 2.45) is 0 Å². The van der Waals surface area contributed by atoms with Gasteiger partial charge >= 0.3 is 0 Å². The Morgan fingerprint density at radius 2 is 2.00 bits per heavy atom. The number of ether oxygens (including phenoxy) is 1. The number of hydrogen-bond acceptors (Lipinski definition) is 4. The second-order valence-corrected chi connectivity index (χ2v) is 7.85. The Labute approximate surface area is 145 Å². The van der Waals surface area contributed by atoms with Crippen LogP contribution in [0, 0.1) is 0 Å². The van der Waals surface area contributed by atoms with E-state index in [9.17, 15) is 15.0 Å². The molecule has 0 aliphatic carbocycles. The molecule has 1 saturated heterocycles. The van der Waals surface area contributed by atoms with Crippen molar-refractivity contribution in [2.75, 3.05) is 0 Å². The summed E-state index contributed by atoms with van der Waals surface area (Å²) in [6.45, 7) is 12.6. The van der Waals surface area contributed by atoms with Crippen molar-refractivity contribution in [3.63, 3.8) is 0 Å². The van der Waals surface area contributed by atoms with E-state index in [-0.39, 0.29) is 18.3 Å². The molecule has 0 spiro atoms. The van der Waals surface area contributed by atoms with E-state index < -0.39 is 16.8 Å². The topological polar surface area (TPSA) is 66.8 Å². The summed E-state index contributed by atoms with van der Waals surface area (Å²) < 4.78 is 6.05. The molecule has 4 nitrogen and oxygen atoms in total. The van der Waals surface area contributed by atoms with Crippen molar-refractivity contribution in [2.45, 2.75) is 83.2 Å². The molecular weight excluding hydrogens is 304 g/mol. The van der Waals surface area contributed by atoms with Gasteiger partial charge in [0.15, 0.2) is 5.78 Å². The zero-order chi connectivity index (χ0) is 18.6. The van der Waals surface area contributed by atoms with Crippen molar-refractivity contribution in [1.29, 1.82) is 0 Å². The average molecular weight is 336 g/mol. The highest BCUT2D eigenvalue weighted by atomic mass is 16.5. The molecule has 3 unspecified atom stereocenters. The van der Waals surface area contributed by atoms with Crippen LogP contribution in [0.1, 0.15) is 60.3 Å². The number of ketones is 1. The van der Waals surface area contributed by atoms with Gasteiger partial charge in [-0.15, -0.1) is 6.58 Å². The van der Waals surface area contributed by atoms with E-state index >= 15 is 0 Å². The van der Waals surface area contributed by atoms with E-state index in [1.54, 1.807) is 19.9 Å². The van der Waals surface area contributed by atoms with Crippen LogP contribution in [-0.2, 0) is 9.53 Å². The predicted octanol–water partition coefficient (Wildman–Crippen LogP) is 3.48. The van der Waals surface area contributed by atoms with Crippen LogP contribution in [0.5, 0.6) is 0 Å².